The number of hydrogen-bond acceptors (Lipinski definition) is 4. The summed E-state index contributed by atoms with van der Waals surface area (Å²) >= 11 is 1.52. The van der Waals surface area contributed by atoms with E-state index in [0.717, 1.165) is 27.4 Å². The van der Waals surface area contributed by atoms with E-state index >= 15 is 0 Å². The highest BCUT2D eigenvalue weighted by molar-refractivity contribution is 7.13. The maximum atomic E-state index is 12.8. The van der Waals surface area contributed by atoms with Crippen molar-refractivity contribution in [2.45, 2.75) is 6.92 Å². The third-order valence-electron chi connectivity index (χ3n) is 5.10. The summed E-state index contributed by atoms with van der Waals surface area (Å²) in [7, 11) is 1.75. The number of aryl methyl sites for hydroxylation is 1. The van der Waals surface area contributed by atoms with Crippen molar-refractivity contribution in [2.24, 2.45) is 0 Å². The molecule has 4 aromatic rings. The van der Waals surface area contributed by atoms with Crippen molar-refractivity contribution in [3.63, 3.8) is 0 Å². The van der Waals surface area contributed by atoms with Gasteiger partial charge in [-0.25, -0.2) is 4.98 Å². The summed E-state index contributed by atoms with van der Waals surface area (Å²) in [6, 6.07) is 22.6. The van der Waals surface area contributed by atoms with Gasteiger partial charge >= 0.3 is 0 Å². The zero-order valence-corrected chi connectivity index (χ0v) is 19.2. The Hall–Kier alpha value is -4.03. The van der Waals surface area contributed by atoms with Crippen molar-refractivity contribution < 1.29 is 9.59 Å². The first-order chi connectivity index (χ1) is 16.0. The molecule has 5 nitrogen and oxygen atoms in total. The van der Waals surface area contributed by atoms with E-state index in [1.54, 1.807) is 24.2 Å². The second-order valence-electron chi connectivity index (χ2n) is 7.53. The van der Waals surface area contributed by atoms with Crippen LogP contribution in [0.5, 0.6) is 0 Å². The van der Waals surface area contributed by atoms with Crippen LogP contribution in [-0.2, 0) is 4.79 Å². The van der Waals surface area contributed by atoms with E-state index in [0.29, 0.717) is 11.3 Å². The Morgan fingerprint density at radius 2 is 1.82 bits per heavy atom. The standard InChI is InChI=1S/C27H23N3O2S/c1-19-7-5-9-21(17-19)27(32)30(2)22-10-6-8-20(18-22)13-14-25(31)29-24-12-4-3-11-23(24)26-28-15-16-33-26/h3-18H,1-2H3,(H,29,31)/b14-13+. The molecule has 1 aromatic heterocycles. The number of rotatable bonds is 6. The van der Waals surface area contributed by atoms with Crippen molar-refractivity contribution in [2.75, 3.05) is 17.3 Å². The van der Waals surface area contributed by atoms with Gasteiger partial charge in [0.05, 0.1) is 5.69 Å². The van der Waals surface area contributed by atoms with Crippen molar-refractivity contribution in [3.8, 4) is 10.6 Å². The van der Waals surface area contributed by atoms with Crippen molar-refractivity contribution in [1.82, 2.24) is 4.98 Å². The Morgan fingerprint density at radius 1 is 1.00 bits per heavy atom. The van der Waals surface area contributed by atoms with Crippen LogP contribution in [-0.4, -0.2) is 23.8 Å². The van der Waals surface area contributed by atoms with E-state index in [2.05, 4.69) is 10.3 Å². The molecule has 1 N–H and O–H groups in total. The molecule has 1 heterocycles. The van der Waals surface area contributed by atoms with Crippen molar-refractivity contribution in [3.05, 3.63) is 107 Å². The summed E-state index contributed by atoms with van der Waals surface area (Å²) in [6.07, 6.45) is 4.96. The summed E-state index contributed by atoms with van der Waals surface area (Å²) in [4.78, 5) is 31.4. The fourth-order valence-electron chi connectivity index (χ4n) is 3.41. The molecule has 0 atom stereocenters. The van der Waals surface area contributed by atoms with E-state index in [9.17, 15) is 9.59 Å². The smallest absolute Gasteiger partial charge is 0.258 e. The van der Waals surface area contributed by atoms with Crippen LogP contribution in [0.25, 0.3) is 16.6 Å². The van der Waals surface area contributed by atoms with E-state index in [-0.39, 0.29) is 11.8 Å². The van der Waals surface area contributed by atoms with Gasteiger partial charge in [0.1, 0.15) is 5.01 Å². The second-order valence-corrected chi connectivity index (χ2v) is 8.43. The Bertz CT molecular complexity index is 1310. The van der Waals surface area contributed by atoms with Crippen LogP contribution in [0.4, 0.5) is 11.4 Å². The minimum atomic E-state index is -0.242. The number of anilines is 2. The molecule has 0 saturated carbocycles. The summed E-state index contributed by atoms with van der Waals surface area (Å²) in [6.45, 7) is 1.96. The first-order valence-electron chi connectivity index (χ1n) is 10.4. The van der Waals surface area contributed by atoms with Crippen LogP contribution in [0.15, 0.2) is 90.4 Å². The number of thiazole rings is 1. The topological polar surface area (TPSA) is 62.3 Å². The first-order valence-corrected chi connectivity index (χ1v) is 11.3. The highest BCUT2D eigenvalue weighted by atomic mass is 32.1. The average Bonchev–Trinajstić information content (AvgIpc) is 3.37. The Balaban J connectivity index is 1.47. The van der Waals surface area contributed by atoms with Crippen molar-refractivity contribution in [1.29, 1.82) is 0 Å². The third kappa shape index (κ3) is 5.42. The number of carbonyl (C=O) groups excluding carboxylic acids is 2. The first kappa shape index (κ1) is 22.2. The van der Waals surface area contributed by atoms with Crippen LogP contribution in [0.3, 0.4) is 0 Å². The van der Waals surface area contributed by atoms with Crippen LogP contribution < -0.4 is 10.2 Å². The van der Waals surface area contributed by atoms with Crippen LogP contribution >= 0.6 is 11.3 Å². The quantitative estimate of drug-likeness (QED) is 0.362. The molecule has 4 rings (SSSR count). The number of nitrogens with zero attached hydrogens (tertiary/aromatic N) is 2. The van der Waals surface area contributed by atoms with Crippen LogP contribution in [0.2, 0.25) is 0 Å². The van der Waals surface area contributed by atoms with E-state index in [1.165, 1.54) is 17.4 Å². The second kappa shape index (κ2) is 10.1. The predicted octanol–water partition coefficient (Wildman–Crippen LogP) is 6.05. The molecule has 2 amide bonds. The molecule has 0 aliphatic rings. The molecule has 0 spiro atoms. The lowest BCUT2D eigenvalue weighted by Gasteiger charge is -2.18. The Morgan fingerprint density at radius 3 is 2.61 bits per heavy atom. The Labute approximate surface area is 197 Å². The molecule has 0 fully saturated rings. The normalized spacial score (nSPS) is 10.8. The third-order valence-corrected chi connectivity index (χ3v) is 5.91. The molecule has 164 valence electrons. The number of amides is 2. The van der Waals surface area contributed by atoms with E-state index < -0.39 is 0 Å². The number of nitrogens with one attached hydrogen (secondary N) is 1. The maximum absolute atomic E-state index is 12.8. The zero-order valence-electron chi connectivity index (χ0n) is 18.4. The number of carbonyl (C=O) groups is 2. The SMILES string of the molecule is Cc1cccc(C(=O)N(C)c2cccc(/C=C/C(=O)Nc3ccccc3-c3nccs3)c2)c1. The molecule has 33 heavy (non-hydrogen) atoms. The predicted molar refractivity (Wildman–Crippen MR) is 136 cm³/mol. The van der Waals surface area contributed by atoms with Gasteiger partial charge < -0.3 is 10.2 Å². The van der Waals surface area contributed by atoms with Gasteiger partial charge in [0, 0.05) is 41.5 Å². The number of hydrogen-bond donors (Lipinski definition) is 1. The molecular weight excluding hydrogens is 430 g/mol. The van der Waals surface area contributed by atoms with Gasteiger partial charge in [-0.05, 0) is 55.0 Å². The minimum Gasteiger partial charge on any atom is -0.322 e. The van der Waals surface area contributed by atoms with Gasteiger partial charge in [-0.3, -0.25) is 9.59 Å². The molecule has 0 aliphatic carbocycles. The highest BCUT2D eigenvalue weighted by Crippen LogP contribution is 2.29. The molecule has 0 unspecified atom stereocenters. The van der Waals surface area contributed by atoms with Gasteiger partial charge in [-0.15, -0.1) is 11.3 Å². The summed E-state index contributed by atoms with van der Waals surface area (Å²) in [5.74, 6) is -0.329. The minimum absolute atomic E-state index is 0.0867. The molecule has 0 bridgehead atoms. The lowest BCUT2D eigenvalue weighted by molar-refractivity contribution is -0.111. The molecule has 0 saturated heterocycles. The van der Waals surface area contributed by atoms with Gasteiger partial charge in [-0.1, -0.05) is 42.0 Å². The number of benzene rings is 3. The fraction of sp³-hybridized carbons (Fsp3) is 0.0741. The summed E-state index contributed by atoms with van der Waals surface area (Å²) < 4.78 is 0. The van der Waals surface area contributed by atoms with Crippen LogP contribution in [0.1, 0.15) is 21.5 Å². The zero-order chi connectivity index (χ0) is 23.2. The average molecular weight is 454 g/mol. The highest BCUT2D eigenvalue weighted by Gasteiger charge is 2.14. The summed E-state index contributed by atoms with van der Waals surface area (Å²) in [5, 5.41) is 5.68. The largest absolute Gasteiger partial charge is 0.322 e. The molecule has 6 heteroatoms. The fourth-order valence-corrected chi connectivity index (χ4v) is 4.08. The molecule has 3 aromatic carbocycles. The monoisotopic (exact) mass is 453 g/mol. The lowest BCUT2D eigenvalue weighted by Crippen LogP contribution is -2.26. The number of aromatic nitrogens is 1. The van der Waals surface area contributed by atoms with E-state index in [1.807, 2.05) is 85.1 Å². The maximum Gasteiger partial charge on any atom is 0.258 e. The molecule has 0 radical (unpaired) electrons. The Kier molecular flexibility index (Phi) is 6.76. The summed E-state index contributed by atoms with van der Waals surface area (Å²) in [5.41, 5.74) is 4.83. The van der Waals surface area contributed by atoms with Crippen LogP contribution in [0, 0.1) is 6.92 Å². The van der Waals surface area contributed by atoms with Crippen molar-refractivity contribution >= 4 is 40.6 Å². The molecule has 0 aliphatic heterocycles. The van der Waals surface area contributed by atoms with Gasteiger partial charge in [-0.2, -0.15) is 0 Å². The van der Waals surface area contributed by atoms with Gasteiger partial charge in [0.15, 0.2) is 0 Å². The number of para-hydroxylation sites is 1. The van der Waals surface area contributed by atoms with E-state index in [4.69, 9.17) is 0 Å². The molecular formula is C27H23N3O2S. The lowest BCUT2D eigenvalue weighted by atomic mass is 10.1. The van der Waals surface area contributed by atoms with Gasteiger partial charge in [0.25, 0.3) is 5.91 Å². The van der Waals surface area contributed by atoms with Gasteiger partial charge in [0.2, 0.25) is 5.91 Å².